The maximum atomic E-state index is 13.1. The van der Waals surface area contributed by atoms with Crippen molar-refractivity contribution in [3.63, 3.8) is 0 Å². The minimum atomic E-state index is -0.109. The molecule has 0 aliphatic carbocycles. The van der Waals surface area contributed by atoms with Gasteiger partial charge in [-0.1, -0.05) is 6.92 Å². The second-order valence-electron chi connectivity index (χ2n) is 7.38. The number of likely N-dealkylation sites (tertiary alicyclic amines) is 2. The molecule has 2 aliphatic heterocycles. The van der Waals surface area contributed by atoms with E-state index in [9.17, 15) is 9.59 Å². The van der Waals surface area contributed by atoms with Crippen LogP contribution in [0.5, 0.6) is 0 Å². The molecule has 3 atom stereocenters. The number of nitrogens with zero attached hydrogens (tertiary/aromatic N) is 3. The first-order valence-corrected chi connectivity index (χ1v) is 9.30. The van der Waals surface area contributed by atoms with Crippen LogP contribution in [0.25, 0.3) is 0 Å². The Morgan fingerprint density at radius 3 is 2.72 bits per heavy atom. The van der Waals surface area contributed by atoms with Gasteiger partial charge in [0.25, 0.3) is 5.91 Å². The summed E-state index contributed by atoms with van der Waals surface area (Å²) in [5.74, 6) is 0.674. The fourth-order valence-electron chi connectivity index (χ4n) is 4.04. The molecule has 0 saturated carbocycles. The first kappa shape index (κ1) is 17.9. The van der Waals surface area contributed by atoms with Gasteiger partial charge in [0.1, 0.15) is 0 Å². The Morgan fingerprint density at radius 2 is 2.00 bits per heavy atom. The molecule has 0 radical (unpaired) electrons. The zero-order valence-electron chi connectivity index (χ0n) is 14.9. The van der Waals surface area contributed by atoms with Crippen molar-refractivity contribution in [2.45, 2.75) is 38.6 Å². The maximum absolute atomic E-state index is 13.1. The van der Waals surface area contributed by atoms with Gasteiger partial charge in [-0.15, -0.1) is 0 Å². The molecule has 0 spiro atoms. The zero-order valence-corrected chi connectivity index (χ0v) is 14.9. The highest BCUT2D eigenvalue weighted by Gasteiger charge is 2.36. The summed E-state index contributed by atoms with van der Waals surface area (Å²) in [6.45, 7) is 4.74. The van der Waals surface area contributed by atoms with Crippen molar-refractivity contribution >= 4 is 11.8 Å². The first-order valence-electron chi connectivity index (χ1n) is 9.30. The second-order valence-corrected chi connectivity index (χ2v) is 7.38. The lowest BCUT2D eigenvalue weighted by Gasteiger charge is -2.41. The number of amides is 2. The molecule has 1 aromatic rings. The van der Waals surface area contributed by atoms with Crippen molar-refractivity contribution in [2.24, 2.45) is 17.6 Å². The van der Waals surface area contributed by atoms with E-state index >= 15 is 0 Å². The van der Waals surface area contributed by atoms with Gasteiger partial charge in [-0.2, -0.15) is 0 Å². The van der Waals surface area contributed by atoms with Crippen LogP contribution in [0.1, 0.15) is 43.0 Å². The van der Waals surface area contributed by atoms with Gasteiger partial charge in [0.15, 0.2) is 0 Å². The number of pyridine rings is 1. The minimum Gasteiger partial charge on any atom is -0.338 e. The summed E-state index contributed by atoms with van der Waals surface area (Å²) in [4.78, 5) is 33.5. The molecule has 2 aliphatic rings. The molecular weight excluding hydrogens is 316 g/mol. The number of nitrogens with two attached hydrogens (primary N) is 1. The Kier molecular flexibility index (Phi) is 5.68. The zero-order chi connectivity index (χ0) is 17.8. The van der Waals surface area contributed by atoms with E-state index < -0.39 is 0 Å². The van der Waals surface area contributed by atoms with Gasteiger partial charge in [-0.05, 0) is 43.7 Å². The summed E-state index contributed by atoms with van der Waals surface area (Å²) in [5.41, 5.74) is 6.54. The van der Waals surface area contributed by atoms with Gasteiger partial charge in [0.05, 0.1) is 5.92 Å². The topological polar surface area (TPSA) is 79.5 Å². The number of rotatable bonds is 3. The average molecular weight is 344 g/mol. The highest BCUT2D eigenvalue weighted by atomic mass is 16.2. The number of carbonyl (C=O) groups is 2. The predicted octanol–water partition coefficient (Wildman–Crippen LogP) is 1.52. The van der Waals surface area contributed by atoms with Crippen molar-refractivity contribution in [1.82, 2.24) is 14.8 Å². The van der Waals surface area contributed by atoms with E-state index in [1.54, 1.807) is 24.5 Å². The monoisotopic (exact) mass is 344 g/mol. The number of hydrogen-bond acceptors (Lipinski definition) is 4. The first-order chi connectivity index (χ1) is 12.1. The lowest BCUT2D eigenvalue weighted by Crippen LogP contribution is -2.54. The van der Waals surface area contributed by atoms with Crippen molar-refractivity contribution in [1.29, 1.82) is 0 Å². The molecule has 3 heterocycles. The minimum absolute atomic E-state index is 0.0115. The van der Waals surface area contributed by atoms with Crippen LogP contribution in [-0.4, -0.2) is 58.8 Å². The molecule has 3 unspecified atom stereocenters. The lowest BCUT2D eigenvalue weighted by atomic mass is 9.89. The van der Waals surface area contributed by atoms with Crippen LogP contribution in [0, 0.1) is 11.8 Å². The molecule has 1 aromatic heterocycles. The number of aromatic nitrogens is 1. The highest BCUT2D eigenvalue weighted by Crippen LogP contribution is 2.27. The van der Waals surface area contributed by atoms with E-state index in [1.165, 1.54) is 0 Å². The molecule has 2 amide bonds. The molecule has 6 heteroatoms. The van der Waals surface area contributed by atoms with E-state index in [0.717, 1.165) is 32.2 Å². The quantitative estimate of drug-likeness (QED) is 0.901. The van der Waals surface area contributed by atoms with Gasteiger partial charge >= 0.3 is 0 Å². The highest BCUT2D eigenvalue weighted by molar-refractivity contribution is 5.94. The molecule has 25 heavy (non-hydrogen) atoms. The fraction of sp³-hybridized carbons (Fsp3) is 0.632. The van der Waals surface area contributed by atoms with Gasteiger partial charge < -0.3 is 15.5 Å². The Labute approximate surface area is 149 Å². The van der Waals surface area contributed by atoms with Gasteiger partial charge in [0.2, 0.25) is 5.91 Å². The molecule has 0 aromatic carbocycles. The number of piperidine rings is 2. The van der Waals surface area contributed by atoms with Crippen LogP contribution in [-0.2, 0) is 4.79 Å². The van der Waals surface area contributed by atoms with Crippen molar-refractivity contribution in [2.75, 3.05) is 26.2 Å². The van der Waals surface area contributed by atoms with Crippen LogP contribution in [0.2, 0.25) is 0 Å². The number of carbonyl (C=O) groups excluding carboxylic acids is 2. The van der Waals surface area contributed by atoms with Crippen molar-refractivity contribution < 1.29 is 9.59 Å². The predicted molar refractivity (Wildman–Crippen MR) is 95.8 cm³/mol. The SMILES string of the molecule is CC1CCN(C(=O)C2CCCN(C(=O)c3ccncc3)C2)C(CN)C1. The van der Waals surface area contributed by atoms with E-state index in [4.69, 9.17) is 5.73 Å². The second kappa shape index (κ2) is 7.95. The molecular formula is C19H28N4O2. The van der Waals surface area contributed by atoms with E-state index in [0.29, 0.717) is 31.1 Å². The normalized spacial score (nSPS) is 27.2. The summed E-state index contributed by atoms with van der Waals surface area (Å²) in [6, 6.07) is 3.59. The summed E-state index contributed by atoms with van der Waals surface area (Å²) >= 11 is 0. The van der Waals surface area contributed by atoms with E-state index in [-0.39, 0.29) is 23.8 Å². The Balaban J connectivity index is 1.66. The van der Waals surface area contributed by atoms with E-state index in [1.807, 2.05) is 9.80 Å². The molecule has 3 rings (SSSR count). The Bertz CT molecular complexity index is 607. The molecule has 2 N–H and O–H groups in total. The van der Waals surface area contributed by atoms with Crippen molar-refractivity contribution in [3.05, 3.63) is 30.1 Å². The third kappa shape index (κ3) is 4.00. The van der Waals surface area contributed by atoms with Crippen molar-refractivity contribution in [3.8, 4) is 0 Å². The third-order valence-corrected chi connectivity index (χ3v) is 5.52. The van der Waals surface area contributed by atoms with E-state index in [2.05, 4.69) is 11.9 Å². The fourth-order valence-corrected chi connectivity index (χ4v) is 4.04. The molecule has 2 saturated heterocycles. The molecule has 6 nitrogen and oxygen atoms in total. The van der Waals surface area contributed by atoms with Gasteiger partial charge in [-0.3, -0.25) is 14.6 Å². The van der Waals surface area contributed by atoms with Gasteiger partial charge in [0, 0.05) is 50.2 Å². The number of hydrogen-bond donors (Lipinski definition) is 1. The summed E-state index contributed by atoms with van der Waals surface area (Å²) in [7, 11) is 0. The lowest BCUT2D eigenvalue weighted by molar-refractivity contribution is -0.141. The summed E-state index contributed by atoms with van der Waals surface area (Å²) in [5, 5.41) is 0. The summed E-state index contributed by atoms with van der Waals surface area (Å²) in [6.07, 6.45) is 6.98. The van der Waals surface area contributed by atoms with Crippen LogP contribution in [0.3, 0.4) is 0 Å². The molecule has 0 bridgehead atoms. The Hall–Kier alpha value is -1.95. The largest absolute Gasteiger partial charge is 0.338 e. The van der Waals surface area contributed by atoms with Gasteiger partial charge in [-0.25, -0.2) is 0 Å². The van der Waals surface area contributed by atoms with Crippen LogP contribution < -0.4 is 5.73 Å². The maximum Gasteiger partial charge on any atom is 0.253 e. The van der Waals surface area contributed by atoms with Crippen LogP contribution in [0.15, 0.2) is 24.5 Å². The standard InChI is InChI=1S/C19H28N4O2/c1-14-6-10-23(17(11-14)12-20)19(25)16-3-2-9-22(13-16)18(24)15-4-7-21-8-5-15/h4-5,7-8,14,16-17H,2-3,6,9-13,20H2,1H3. The molecule has 136 valence electrons. The Morgan fingerprint density at radius 1 is 1.24 bits per heavy atom. The third-order valence-electron chi connectivity index (χ3n) is 5.52. The average Bonchev–Trinajstić information content (AvgIpc) is 2.67. The summed E-state index contributed by atoms with van der Waals surface area (Å²) < 4.78 is 0. The van der Waals surface area contributed by atoms with Crippen LogP contribution >= 0.6 is 0 Å². The smallest absolute Gasteiger partial charge is 0.253 e. The van der Waals surface area contributed by atoms with Crippen LogP contribution in [0.4, 0.5) is 0 Å². The molecule has 2 fully saturated rings.